The summed E-state index contributed by atoms with van der Waals surface area (Å²) in [6, 6.07) is 4.15. The minimum Gasteiger partial charge on any atom is -0.495 e. The molecule has 4 nitrogen and oxygen atoms in total. The molecule has 1 saturated heterocycles. The van der Waals surface area contributed by atoms with Crippen molar-refractivity contribution in [3.05, 3.63) is 24.0 Å². The molecule has 0 radical (unpaired) electrons. The summed E-state index contributed by atoms with van der Waals surface area (Å²) >= 11 is 0. The molecule has 1 unspecified atom stereocenters. The minimum atomic E-state index is -0.384. The number of hydrogen-bond donors (Lipinski definition) is 1. The van der Waals surface area contributed by atoms with Crippen LogP contribution in [0.2, 0.25) is 0 Å². The topological polar surface area (TPSA) is 55.6 Å². The number of ether oxygens (including phenoxy) is 1. The van der Waals surface area contributed by atoms with Crippen LogP contribution in [-0.2, 0) is 4.79 Å². The summed E-state index contributed by atoms with van der Waals surface area (Å²) in [5.41, 5.74) is 6.03. The van der Waals surface area contributed by atoms with Crippen molar-refractivity contribution in [3.63, 3.8) is 0 Å². The fourth-order valence-electron chi connectivity index (χ4n) is 2.05. The molecule has 1 fully saturated rings. The van der Waals surface area contributed by atoms with Gasteiger partial charge in [0, 0.05) is 19.0 Å². The molecule has 1 heterocycles. The molecule has 1 amide bonds. The van der Waals surface area contributed by atoms with E-state index in [0.717, 1.165) is 0 Å². The van der Waals surface area contributed by atoms with Crippen molar-refractivity contribution in [1.29, 1.82) is 0 Å². The highest BCUT2D eigenvalue weighted by Gasteiger charge is 2.31. The number of hydrogen-bond acceptors (Lipinski definition) is 3. The lowest BCUT2D eigenvalue weighted by atomic mass is 10.1. The number of carbonyl (C=O) groups is 1. The van der Waals surface area contributed by atoms with E-state index < -0.39 is 0 Å². The van der Waals surface area contributed by atoms with Crippen LogP contribution in [-0.4, -0.2) is 26.1 Å². The van der Waals surface area contributed by atoms with Gasteiger partial charge in [0.05, 0.1) is 12.8 Å². The molecule has 5 heteroatoms. The lowest BCUT2D eigenvalue weighted by Crippen LogP contribution is -2.26. The summed E-state index contributed by atoms with van der Waals surface area (Å²) < 4.78 is 18.4. The lowest BCUT2D eigenvalue weighted by Gasteiger charge is -2.19. The third-order valence-corrected chi connectivity index (χ3v) is 2.97. The van der Waals surface area contributed by atoms with E-state index >= 15 is 0 Å². The van der Waals surface area contributed by atoms with Crippen LogP contribution in [0.1, 0.15) is 6.42 Å². The van der Waals surface area contributed by atoms with Gasteiger partial charge < -0.3 is 15.4 Å². The maximum Gasteiger partial charge on any atom is 0.227 e. The van der Waals surface area contributed by atoms with Crippen LogP contribution in [0, 0.1) is 11.7 Å². The van der Waals surface area contributed by atoms with E-state index in [4.69, 9.17) is 10.5 Å². The zero-order valence-corrected chi connectivity index (χ0v) is 9.65. The summed E-state index contributed by atoms with van der Waals surface area (Å²) in [4.78, 5) is 13.4. The molecule has 0 saturated carbocycles. The number of methoxy groups -OCH3 is 1. The quantitative estimate of drug-likeness (QED) is 0.859. The van der Waals surface area contributed by atoms with Crippen molar-refractivity contribution in [2.24, 2.45) is 11.7 Å². The van der Waals surface area contributed by atoms with Gasteiger partial charge in [-0.15, -0.1) is 0 Å². The fourth-order valence-corrected chi connectivity index (χ4v) is 2.05. The van der Waals surface area contributed by atoms with E-state index in [9.17, 15) is 9.18 Å². The molecule has 1 aliphatic rings. The maximum atomic E-state index is 13.2. The second-order valence-electron chi connectivity index (χ2n) is 4.13. The number of halogens is 1. The van der Waals surface area contributed by atoms with Gasteiger partial charge in [-0.2, -0.15) is 0 Å². The first-order valence-electron chi connectivity index (χ1n) is 5.49. The Morgan fingerprint density at radius 1 is 1.59 bits per heavy atom. The number of amides is 1. The number of rotatable bonds is 3. The smallest absolute Gasteiger partial charge is 0.227 e. The summed E-state index contributed by atoms with van der Waals surface area (Å²) in [5.74, 6) is 0.210. The van der Waals surface area contributed by atoms with Crippen molar-refractivity contribution in [1.82, 2.24) is 0 Å². The van der Waals surface area contributed by atoms with Crippen molar-refractivity contribution >= 4 is 11.6 Å². The van der Waals surface area contributed by atoms with E-state index in [-0.39, 0.29) is 17.6 Å². The average molecular weight is 238 g/mol. The summed E-state index contributed by atoms with van der Waals surface area (Å²) in [5, 5.41) is 0. The summed E-state index contributed by atoms with van der Waals surface area (Å²) in [6.45, 7) is 0.981. The Morgan fingerprint density at radius 3 is 2.94 bits per heavy atom. The summed E-state index contributed by atoms with van der Waals surface area (Å²) in [7, 11) is 1.50. The first-order chi connectivity index (χ1) is 8.15. The molecule has 1 aromatic carbocycles. The fraction of sp³-hybridized carbons (Fsp3) is 0.417. The number of benzene rings is 1. The highest BCUT2D eigenvalue weighted by molar-refractivity contribution is 5.97. The van der Waals surface area contributed by atoms with Gasteiger partial charge >= 0.3 is 0 Å². The number of carbonyl (C=O) groups excluding carboxylic acids is 1. The van der Waals surface area contributed by atoms with E-state index in [1.165, 1.54) is 25.3 Å². The average Bonchev–Trinajstić information content (AvgIpc) is 2.70. The van der Waals surface area contributed by atoms with Crippen molar-refractivity contribution < 1.29 is 13.9 Å². The number of nitrogens with two attached hydrogens (primary N) is 1. The maximum absolute atomic E-state index is 13.2. The molecule has 1 aromatic rings. The van der Waals surface area contributed by atoms with Gasteiger partial charge in [-0.05, 0) is 24.6 Å². The number of nitrogens with zero attached hydrogens (tertiary/aromatic N) is 1. The molecular formula is C12H15FN2O2. The van der Waals surface area contributed by atoms with Crippen LogP contribution in [0.3, 0.4) is 0 Å². The molecule has 2 N–H and O–H groups in total. The Bertz CT molecular complexity index is 437. The standard InChI is InChI=1S/C12H15FN2O2/c1-17-11-3-2-9(13)5-10(11)15-7-8(6-14)4-12(15)16/h2-3,5,8H,4,6-7,14H2,1H3. The third kappa shape index (κ3) is 2.24. The van der Waals surface area contributed by atoms with Crippen LogP contribution < -0.4 is 15.4 Å². The van der Waals surface area contributed by atoms with E-state index in [0.29, 0.717) is 30.9 Å². The lowest BCUT2D eigenvalue weighted by molar-refractivity contribution is -0.117. The Morgan fingerprint density at radius 2 is 2.35 bits per heavy atom. The SMILES string of the molecule is COc1ccc(F)cc1N1CC(CN)CC1=O. The van der Waals surface area contributed by atoms with Gasteiger partial charge in [0.15, 0.2) is 0 Å². The van der Waals surface area contributed by atoms with Gasteiger partial charge in [0.1, 0.15) is 11.6 Å². The third-order valence-electron chi connectivity index (χ3n) is 2.97. The van der Waals surface area contributed by atoms with E-state index in [1.807, 2.05) is 0 Å². The Kier molecular flexibility index (Phi) is 3.28. The Hall–Kier alpha value is -1.62. The molecule has 0 spiro atoms. The normalized spacial score (nSPS) is 19.8. The second-order valence-corrected chi connectivity index (χ2v) is 4.13. The van der Waals surface area contributed by atoms with Gasteiger partial charge in [0.2, 0.25) is 5.91 Å². The molecule has 17 heavy (non-hydrogen) atoms. The minimum absolute atomic E-state index is 0.0376. The first kappa shape index (κ1) is 11.9. The molecule has 0 bridgehead atoms. The molecular weight excluding hydrogens is 223 g/mol. The van der Waals surface area contributed by atoms with Gasteiger partial charge in [-0.3, -0.25) is 4.79 Å². The van der Waals surface area contributed by atoms with Crippen LogP contribution in [0.25, 0.3) is 0 Å². The number of anilines is 1. The van der Waals surface area contributed by atoms with Gasteiger partial charge in [-0.1, -0.05) is 0 Å². The molecule has 0 aromatic heterocycles. The van der Waals surface area contributed by atoms with Gasteiger partial charge in [0.25, 0.3) is 0 Å². The van der Waals surface area contributed by atoms with Crippen molar-refractivity contribution in [2.45, 2.75) is 6.42 Å². The predicted molar refractivity (Wildman–Crippen MR) is 62.5 cm³/mol. The van der Waals surface area contributed by atoms with Crippen LogP contribution >= 0.6 is 0 Å². The predicted octanol–water partition coefficient (Wildman–Crippen LogP) is 1.15. The summed E-state index contributed by atoms with van der Waals surface area (Å²) in [6.07, 6.45) is 0.413. The monoisotopic (exact) mass is 238 g/mol. The van der Waals surface area contributed by atoms with Gasteiger partial charge in [-0.25, -0.2) is 4.39 Å². The molecule has 2 rings (SSSR count). The molecule has 1 atom stereocenters. The first-order valence-corrected chi connectivity index (χ1v) is 5.49. The van der Waals surface area contributed by atoms with Crippen molar-refractivity contribution in [2.75, 3.05) is 25.1 Å². The van der Waals surface area contributed by atoms with E-state index in [1.54, 1.807) is 4.90 Å². The Labute approximate surface area is 99.2 Å². The van der Waals surface area contributed by atoms with E-state index in [2.05, 4.69) is 0 Å². The largest absolute Gasteiger partial charge is 0.495 e. The zero-order chi connectivity index (χ0) is 12.4. The second kappa shape index (κ2) is 4.71. The van der Waals surface area contributed by atoms with Crippen molar-refractivity contribution in [3.8, 4) is 5.75 Å². The van der Waals surface area contributed by atoms with Crippen LogP contribution in [0.5, 0.6) is 5.75 Å². The Balaban J connectivity index is 2.33. The van der Waals surface area contributed by atoms with Crippen LogP contribution in [0.4, 0.5) is 10.1 Å². The molecule has 0 aliphatic carbocycles. The zero-order valence-electron chi connectivity index (χ0n) is 9.65. The highest BCUT2D eigenvalue weighted by atomic mass is 19.1. The highest BCUT2D eigenvalue weighted by Crippen LogP contribution is 2.33. The molecule has 92 valence electrons. The molecule has 1 aliphatic heterocycles. The van der Waals surface area contributed by atoms with Crippen LogP contribution in [0.15, 0.2) is 18.2 Å².